The molecule has 0 saturated heterocycles. The fraction of sp³-hybridized carbons (Fsp3) is 0.300. The van der Waals surface area contributed by atoms with E-state index in [1.807, 2.05) is 0 Å². The Hall–Kier alpha value is -2.82. The largest absolute Gasteiger partial charge is 0.485 e. The Morgan fingerprint density at radius 2 is 1.77 bits per heavy atom. The van der Waals surface area contributed by atoms with E-state index >= 15 is 0 Å². The van der Waals surface area contributed by atoms with Gasteiger partial charge < -0.3 is 9.47 Å². The number of halogens is 1. The first-order valence-electron chi connectivity index (χ1n) is 9.56. The summed E-state index contributed by atoms with van der Waals surface area (Å²) in [5.74, 6) is -0.468. The molecule has 9 nitrogen and oxygen atoms in total. The standard InChI is InChI=1S/C20H22ClN3O6S/c1-3-24(4-2)31(27,28)13-9-10-15(21)14(11-13)19(25)22-23-20(26)18-12-29-16-7-5-6-8-17(16)30-18/h5-11,18H,3-4,12H2,1-2H3,(H,22,25)(H,23,26). The number of hydrazine groups is 1. The molecule has 1 atom stereocenters. The molecule has 31 heavy (non-hydrogen) atoms. The van der Waals surface area contributed by atoms with Gasteiger partial charge in [0.2, 0.25) is 16.1 Å². The maximum absolute atomic E-state index is 12.7. The van der Waals surface area contributed by atoms with Gasteiger partial charge in [0.05, 0.1) is 15.5 Å². The molecule has 0 radical (unpaired) electrons. The minimum atomic E-state index is -3.78. The van der Waals surface area contributed by atoms with Crippen LogP contribution < -0.4 is 20.3 Å². The van der Waals surface area contributed by atoms with Crippen LogP contribution in [0.3, 0.4) is 0 Å². The van der Waals surface area contributed by atoms with Gasteiger partial charge in [0.1, 0.15) is 6.61 Å². The topological polar surface area (TPSA) is 114 Å². The lowest BCUT2D eigenvalue weighted by atomic mass is 10.2. The van der Waals surface area contributed by atoms with Gasteiger partial charge >= 0.3 is 0 Å². The Balaban J connectivity index is 1.69. The number of rotatable bonds is 6. The lowest BCUT2D eigenvalue weighted by molar-refractivity contribution is -0.131. The maximum atomic E-state index is 12.7. The average molecular weight is 468 g/mol. The second-order valence-corrected chi connectivity index (χ2v) is 8.88. The van der Waals surface area contributed by atoms with Crippen LogP contribution in [0.4, 0.5) is 0 Å². The predicted molar refractivity (Wildman–Crippen MR) is 114 cm³/mol. The number of hydrogen-bond donors (Lipinski definition) is 2. The highest BCUT2D eigenvalue weighted by Gasteiger charge is 2.28. The van der Waals surface area contributed by atoms with Crippen molar-refractivity contribution in [2.75, 3.05) is 19.7 Å². The number of sulfonamides is 1. The van der Waals surface area contributed by atoms with Crippen LogP contribution in [0.1, 0.15) is 24.2 Å². The molecule has 2 aromatic carbocycles. The second-order valence-electron chi connectivity index (χ2n) is 6.54. The van der Waals surface area contributed by atoms with Crippen molar-refractivity contribution in [2.24, 2.45) is 0 Å². The molecule has 0 saturated carbocycles. The molecule has 2 amide bonds. The van der Waals surface area contributed by atoms with Crippen molar-refractivity contribution in [3.05, 3.63) is 53.1 Å². The molecule has 2 N–H and O–H groups in total. The molecule has 1 heterocycles. The number of nitrogens with zero attached hydrogens (tertiary/aromatic N) is 1. The van der Waals surface area contributed by atoms with E-state index in [0.29, 0.717) is 11.5 Å². The van der Waals surface area contributed by atoms with Crippen molar-refractivity contribution in [3.63, 3.8) is 0 Å². The number of benzene rings is 2. The molecule has 11 heteroatoms. The number of fused-ring (bicyclic) bond motifs is 1. The van der Waals surface area contributed by atoms with Gasteiger partial charge in [-0.25, -0.2) is 8.42 Å². The van der Waals surface area contributed by atoms with E-state index in [1.54, 1.807) is 38.1 Å². The van der Waals surface area contributed by atoms with Crippen LogP contribution in [0.5, 0.6) is 11.5 Å². The number of nitrogens with one attached hydrogen (secondary N) is 2. The van der Waals surface area contributed by atoms with Crippen LogP contribution in [0, 0.1) is 0 Å². The molecule has 2 aromatic rings. The van der Waals surface area contributed by atoms with Crippen molar-refractivity contribution in [1.82, 2.24) is 15.2 Å². The molecular formula is C20H22ClN3O6S. The van der Waals surface area contributed by atoms with Gasteiger partial charge in [0.25, 0.3) is 11.8 Å². The van der Waals surface area contributed by atoms with Gasteiger partial charge in [-0.2, -0.15) is 4.31 Å². The number of para-hydroxylation sites is 2. The molecule has 0 fully saturated rings. The van der Waals surface area contributed by atoms with Gasteiger partial charge in [0.15, 0.2) is 11.5 Å². The predicted octanol–water partition coefficient (Wildman–Crippen LogP) is 1.97. The second kappa shape index (κ2) is 9.54. The molecule has 166 valence electrons. The smallest absolute Gasteiger partial charge is 0.283 e. The van der Waals surface area contributed by atoms with E-state index in [-0.39, 0.29) is 35.2 Å². The van der Waals surface area contributed by atoms with Crippen LogP contribution in [0.25, 0.3) is 0 Å². The summed E-state index contributed by atoms with van der Waals surface area (Å²) in [5, 5.41) is 0.0384. The monoisotopic (exact) mass is 467 g/mol. The van der Waals surface area contributed by atoms with Crippen molar-refractivity contribution in [1.29, 1.82) is 0 Å². The molecule has 0 aromatic heterocycles. The molecule has 0 aliphatic carbocycles. The Morgan fingerprint density at radius 1 is 1.10 bits per heavy atom. The van der Waals surface area contributed by atoms with Gasteiger partial charge in [-0.3, -0.25) is 20.4 Å². The summed E-state index contributed by atoms with van der Waals surface area (Å²) in [5.41, 5.74) is 4.38. The summed E-state index contributed by atoms with van der Waals surface area (Å²) in [6, 6.07) is 10.7. The zero-order chi connectivity index (χ0) is 22.6. The lowest BCUT2D eigenvalue weighted by Crippen LogP contribution is -2.50. The van der Waals surface area contributed by atoms with Crippen LogP contribution >= 0.6 is 11.6 Å². The highest BCUT2D eigenvalue weighted by molar-refractivity contribution is 7.89. The summed E-state index contributed by atoms with van der Waals surface area (Å²) in [6.45, 7) is 3.97. The van der Waals surface area contributed by atoms with Gasteiger partial charge in [-0.05, 0) is 30.3 Å². The number of carbonyl (C=O) groups is 2. The molecule has 1 aliphatic heterocycles. The van der Waals surface area contributed by atoms with Gasteiger partial charge in [-0.1, -0.05) is 37.6 Å². The van der Waals surface area contributed by atoms with E-state index in [0.717, 1.165) is 0 Å². The number of hydrogen-bond acceptors (Lipinski definition) is 6. The van der Waals surface area contributed by atoms with Crippen molar-refractivity contribution >= 4 is 33.4 Å². The fourth-order valence-corrected chi connectivity index (χ4v) is 4.65. The molecule has 0 spiro atoms. The molecule has 1 aliphatic rings. The van der Waals surface area contributed by atoms with Gasteiger partial charge in [0, 0.05) is 13.1 Å². The van der Waals surface area contributed by atoms with Crippen LogP contribution in [-0.4, -0.2) is 50.3 Å². The first-order chi connectivity index (χ1) is 14.8. The third kappa shape index (κ3) is 4.92. The number of carbonyl (C=O) groups excluding carboxylic acids is 2. The summed E-state index contributed by atoms with van der Waals surface area (Å²) >= 11 is 6.08. The highest BCUT2D eigenvalue weighted by atomic mass is 35.5. The molecule has 0 bridgehead atoms. The highest BCUT2D eigenvalue weighted by Crippen LogP contribution is 2.30. The van der Waals surface area contributed by atoms with E-state index in [4.69, 9.17) is 21.1 Å². The van der Waals surface area contributed by atoms with Crippen molar-refractivity contribution in [3.8, 4) is 11.5 Å². The van der Waals surface area contributed by atoms with Crippen LogP contribution in [0.2, 0.25) is 5.02 Å². The SMILES string of the molecule is CCN(CC)S(=O)(=O)c1ccc(Cl)c(C(=O)NNC(=O)C2COc3ccccc3O2)c1. The first kappa shape index (κ1) is 22.9. The Kier molecular flexibility index (Phi) is 7.04. The minimum absolute atomic E-state index is 0.0307. The lowest BCUT2D eigenvalue weighted by Gasteiger charge is -2.25. The normalized spacial score (nSPS) is 15.4. The van der Waals surface area contributed by atoms with Crippen molar-refractivity contribution < 1.29 is 27.5 Å². The Morgan fingerprint density at radius 3 is 2.45 bits per heavy atom. The Labute approximate surface area is 185 Å². The third-order valence-electron chi connectivity index (χ3n) is 4.63. The summed E-state index contributed by atoms with van der Waals surface area (Å²) in [6.07, 6.45) is -0.972. The number of amides is 2. The molecule has 3 rings (SSSR count). The maximum Gasteiger partial charge on any atom is 0.283 e. The van der Waals surface area contributed by atoms with E-state index in [2.05, 4.69) is 10.9 Å². The zero-order valence-electron chi connectivity index (χ0n) is 16.9. The Bertz CT molecular complexity index is 1090. The molecular weight excluding hydrogens is 446 g/mol. The van der Waals surface area contributed by atoms with E-state index in [9.17, 15) is 18.0 Å². The molecule has 1 unspecified atom stereocenters. The zero-order valence-corrected chi connectivity index (χ0v) is 18.5. The van der Waals surface area contributed by atoms with Crippen LogP contribution in [0.15, 0.2) is 47.4 Å². The van der Waals surface area contributed by atoms with Crippen LogP contribution in [-0.2, 0) is 14.8 Å². The summed E-state index contributed by atoms with van der Waals surface area (Å²) in [7, 11) is -3.78. The fourth-order valence-electron chi connectivity index (χ4n) is 2.97. The van der Waals surface area contributed by atoms with Gasteiger partial charge in [-0.15, -0.1) is 0 Å². The number of ether oxygens (including phenoxy) is 2. The van der Waals surface area contributed by atoms with Crippen molar-refractivity contribution in [2.45, 2.75) is 24.8 Å². The van der Waals surface area contributed by atoms with E-state index in [1.165, 1.54) is 22.5 Å². The first-order valence-corrected chi connectivity index (χ1v) is 11.4. The minimum Gasteiger partial charge on any atom is -0.485 e. The van der Waals surface area contributed by atoms with E-state index < -0.39 is 27.9 Å². The summed E-state index contributed by atoms with van der Waals surface area (Å²) in [4.78, 5) is 24.8. The average Bonchev–Trinajstić information content (AvgIpc) is 2.77. The summed E-state index contributed by atoms with van der Waals surface area (Å²) < 4.78 is 37.7. The quantitative estimate of drug-likeness (QED) is 0.628. The third-order valence-corrected chi connectivity index (χ3v) is 7.00.